The average Bonchev–Trinajstić information content (AvgIpc) is 3.63. The fraction of sp³-hybridized carbons (Fsp3) is 0.417. The van der Waals surface area contributed by atoms with Gasteiger partial charge in [0.2, 0.25) is 5.91 Å². The van der Waals surface area contributed by atoms with Crippen molar-refractivity contribution in [3.8, 4) is 0 Å². The third kappa shape index (κ3) is 6.82. The monoisotopic (exact) mass is 624 g/mol. The van der Waals surface area contributed by atoms with E-state index >= 15 is 0 Å². The molecular weight excluding hydrogens is 581 g/mol. The molecule has 3 aromatic carbocycles. The number of fused-ring (bicyclic) bond motifs is 1. The number of aliphatic hydroxyl groups excluding tert-OH is 1. The molecule has 2 N–H and O–H groups in total. The van der Waals surface area contributed by atoms with Crippen LogP contribution in [-0.4, -0.2) is 57.9 Å². The van der Waals surface area contributed by atoms with Crippen molar-refractivity contribution >= 4 is 25.6 Å². The van der Waals surface area contributed by atoms with Crippen molar-refractivity contribution in [2.24, 2.45) is 5.92 Å². The first-order valence-electron chi connectivity index (χ1n) is 16.2. The van der Waals surface area contributed by atoms with Gasteiger partial charge in [0.15, 0.2) is 8.32 Å². The Balaban J connectivity index is 1.12. The molecule has 8 nitrogen and oxygen atoms in total. The van der Waals surface area contributed by atoms with Crippen molar-refractivity contribution in [1.29, 1.82) is 0 Å². The van der Waals surface area contributed by atoms with Crippen molar-refractivity contribution in [2.45, 2.75) is 82.3 Å². The topological polar surface area (TPSA) is 101 Å². The molecule has 45 heavy (non-hydrogen) atoms. The summed E-state index contributed by atoms with van der Waals surface area (Å²) >= 11 is 0. The smallest absolute Gasteiger partial charge is 0.231 e. The number of amides is 1. The van der Waals surface area contributed by atoms with Crippen LogP contribution in [0.1, 0.15) is 54.5 Å². The molecule has 1 unspecified atom stereocenters. The highest BCUT2D eigenvalue weighted by molar-refractivity contribution is 6.71. The molecule has 0 bridgehead atoms. The number of aliphatic hydroxyl groups is 1. The molecule has 1 amide bonds. The second-order valence-corrected chi connectivity index (χ2v) is 17.1. The summed E-state index contributed by atoms with van der Waals surface area (Å²) in [7, 11) is -2.52. The van der Waals surface area contributed by atoms with E-state index in [1.165, 1.54) is 11.1 Å². The molecule has 0 radical (unpaired) electrons. The van der Waals surface area contributed by atoms with Gasteiger partial charge >= 0.3 is 0 Å². The first kappa shape index (κ1) is 31.4. The van der Waals surface area contributed by atoms with E-state index in [0.717, 1.165) is 48.3 Å². The first-order chi connectivity index (χ1) is 21.7. The zero-order valence-electron chi connectivity index (χ0n) is 26.4. The maximum atomic E-state index is 13.0. The number of aryl methyl sites for hydroxylation is 3. The minimum atomic E-state index is -2.52. The average molecular weight is 625 g/mol. The van der Waals surface area contributed by atoms with E-state index < -0.39 is 8.32 Å². The highest BCUT2D eigenvalue weighted by Gasteiger charge is 2.49. The number of hydrogen-bond donors (Lipinski definition) is 2. The van der Waals surface area contributed by atoms with Crippen molar-refractivity contribution in [3.63, 3.8) is 0 Å². The van der Waals surface area contributed by atoms with Gasteiger partial charge in [-0.1, -0.05) is 72.8 Å². The second kappa shape index (κ2) is 13.4. The van der Waals surface area contributed by atoms with Gasteiger partial charge in [-0.3, -0.25) is 14.4 Å². The van der Waals surface area contributed by atoms with E-state index in [0.29, 0.717) is 13.0 Å². The Labute approximate surface area is 266 Å². The molecule has 6 rings (SSSR count). The maximum Gasteiger partial charge on any atom is 0.231 e. The Morgan fingerprint density at radius 1 is 0.978 bits per heavy atom. The lowest BCUT2D eigenvalue weighted by Crippen LogP contribution is -2.40. The summed E-state index contributed by atoms with van der Waals surface area (Å²) in [5.41, 5.74) is 6.12. The fourth-order valence-electron chi connectivity index (χ4n) is 7.45. The van der Waals surface area contributed by atoms with Crippen LogP contribution >= 0.6 is 0 Å². The van der Waals surface area contributed by atoms with Gasteiger partial charge in [0.1, 0.15) is 0 Å². The normalized spacial score (nSPS) is 22.4. The van der Waals surface area contributed by atoms with Gasteiger partial charge in [-0.15, -0.1) is 5.10 Å². The largest absolute Gasteiger partial charge is 0.432 e. The number of carbonyl (C=O) groups excluding carboxylic acids is 1. The fourth-order valence-corrected chi connectivity index (χ4v) is 10.1. The van der Waals surface area contributed by atoms with Gasteiger partial charge in [-0.2, -0.15) is 0 Å². The Hall–Kier alpha value is -3.63. The molecule has 0 spiro atoms. The van der Waals surface area contributed by atoms with Crippen LogP contribution in [0.2, 0.25) is 18.6 Å². The van der Waals surface area contributed by atoms with Crippen LogP contribution in [-0.2, 0) is 28.9 Å². The molecule has 5 atom stereocenters. The number of para-hydroxylation sites is 1. The number of anilines is 2. The van der Waals surface area contributed by atoms with Gasteiger partial charge < -0.3 is 14.6 Å². The third-order valence-electron chi connectivity index (χ3n) is 9.64. The van der Waals surface area contributed by atoms with E-state index in [1.54, 1.807) is 0 Å². The zero-order chi connectivity index (χ0) is 31.6. The summed E-state index contributed by atoms with van der Waals surface area (Å²) in [6.45, 7) is 6.84. The maximum absolute atomic E-state index is 13.0. The summed E-state index contributed by atoms with van der Waals surface area (Å²) in [4.78, 5) is 26.2. The lowest BCUT2D eigenvalue weighted by molar-refractivity contribution is -0.118. The molecule has 1 aromatic heterocycles. The number of aromatic nitrogens is 3. The molecule has 9 heteroatoms. The number of rotatable bonds is 11. The SMILES string of the molecule is C[C@H]1[C@H]([Si](C)(C)O)[C@@H](CCn2cc(C(CO)c3ccccc3)nn2)O[C@H]1CCc1cccc(N2C(=O)CCc3ccccc32)c1. The predicted octanol–water partition coefficient (Wildman–Crippen LogP) is 6.01. The Kier molecular flexibility index (Phi) is 9.33. The Bertz CT molecular complexity index is 1600. The summed E-state index contributed by atoms with van der Waals surface area (Å²) in [6, 6.07) is 26.3. The molecule has 1 fully saturated rings. The van der Waals surface area contributed by atoms with Crippen LogP contribution in [0, 0.1) is 5.92 Å². The summed E-state index contributed by atoms with van der Waals surface area (Å²) in [6.07, 6.45) is 5.57. The van der Waals surface area contributed by atoms with Crippen LogP contribution in [0.25, 0.3) is 0 Å². The van der Waals surface area contributed by atoms with Crippen LogP contribution in [0.15, 0.2) is 85.1 Å². The molecule has 1 saturated heterocycles. The quantitative estimate of drug-likeness (QED) is 0.198. The van der Waals surface area contributed by atoms with Gasteiger partial charge in [0.25, 0.3) is 0 Å². The highest BCUT2D eigenvalue weighted by Crippen LogP contribution is 2.46. The van der Waals surface area contributed by atoms with Crippen molar-refractivity contribution in [3.05, 3.63) is 107 Å². The predicted molar refractivity (Wildman–Crippen MR) is 178 cm³/mol. The minimum Gasteiger partial charge on any atom is -0.432 e. The molecule has 0 saturated carbocycles. The third-order valence-corrected chi connectivity index (χ3v) is 12.2. The van der Waals surface area contributed by atoms with E-state index in [4.69, 9.17) is 4.74 Å². The van der Waals surface area contributed by atoms with Crippen molar-refractivity contribution < 1.29 is 19.4 Å². The lowest BCUT2D eigenvalue weighted by atomic mass is 9.94. The van der Waals surface area contributed by atoms with Gasteiger partial charge in [-0.05, 0) is 79.6 Å². The van der Waals surface area contributed by atoms with Crippen LogP contribution < -0.4 is 4.90 Å². The lowest BCUT2D eigenvalue weighted by Gasteiger charge is -2.30. The summed E-state index contributed by atoms with van der Waals surface area (Å²) in [5.74, 6) is 0.138. The number of benzene rings is 3. The summed E-state index contributed by atoms with van der Waals surface area (Å²) < 4.78 is 8.55. The molecule has 3 heterocycles. The number of nitrogens with zero attached hydrogens (tertiary/aromatic N) is 4. The number of ether oxygens (including phenoxy) is 1. The molecular formula is C36H44N4O4Si. The molecule has 0 aliphatic carbocycles. The first-order valence-corrected chi connectivity index (χ1v) is 19.2. The molecule has 4 aromatic rings. The van der Waals surface area contributed by atoms with E-state index in [9.17, 15) is 14.7 Å². The molecule has 236 valence electrons. The summed E-state index contributed by atoms with van der Waals surface area (Å²) in [5, 5.41) is 18.8. The molecule has 2 aliphatic rings. The van der Waals surface area contributed by atoms with Gasteiger partial charge in [0.05, 0.1) is 36.1 Å². The zero-order valence-corrected chi connectivity index (χ0v) is 27.4. The van der Waals surface area contributed by atoms with Crippen LogP contribution in [0.5, 0.6) is 0 Å². The van der Waals surface area contributed by atoms with Crippen LogP contribution in [0.3, 0.4) is 0 Å². The molecule has 2 aliphatic heterocycles. The van der Waals surface area contributed by atoms with Gasteiger partial charge in [0, 0.05) is 30.4 Å². The highest BCUT2D eigenvalue weighted by atomic mass is 28.4. The Morgan fingerprint density at radius 3 is 2.53 bits per heavy atom. The standard InChI is InChI=1S/C36H44N4O4Si/c1-25-33(18-16-26-10-9-14-29(22-26)40-32-15-8-7-13-28(32)17-19-35(40)42)44-34(36(25)45(2,3)43)20-21-39-23-31(37-38-39)30(24-41)27-11-5-4-6-12-27/h4-15,22-23,25,30,33-34,36,41,43H,16-21,24H2,1-3H3/t25-,30?,33+,34-,36+/m1/s1. The van der Waals surface area contributed by atoms with E-state index in [2.05, 4.69) is 35.4 Å². The number of carbonyl (C=O) groups is 1. The van der Waals surface area contributed by atoms with Gasteiger partial charge in [-0.25, -0.2) is 0 Å². The van der Waals surface area contributed by atoms with E-state index in [-0.39, 0.29) is 42.1 Å². The Morgan fingerprint density at radius 2 is 1.76 bits per heavy atom. The van der Waals surface area contributed by atoms with E-state index in [1.807, 2.05) is 89.5 Å². The van der Waals surface area contributed by atoms with Crippen molar-refractivity contribution in [2.75, 3.05) is 11.5 Å². The minimum absolute atomic E-state index is 0.0306. The van der Waals surface area contributed by atoms with Crippen molar-refractivity contribution in [1.82, 2.24) is 15.0 Å². The second-order valence-electron chi connectivity index (χ2n) is 13.2. The van der Waals surface area contributed by atoms with Crippen LogP contribution in [0.4, 0.5) is 11.4 Å². The number of hydrogen-bond acceptors (Lipinski definition) is 6.